The van der Waals surface area contributed by atoms with Crippen molar-refractivity contribution in [2.75, 3.05) is 0 Å². The lowest BCUT2D eigenvalue weighted by Gasteiger charge is -1.80. The van der Waals surface area contributed by atoms with Gasteiger partial charge >= 0.3 is 0 Å². The Balaban J connectivity index is 3.60. The van der Waals surface area contributed by atoms with Crippen molar-refractivity contribution in [2.24, 2.45) is 5.16 Å². The first kappa shape index (κ1) is 6.14. The van der Waals surface area contributed by atoms with Crippen LogP contribution in [-0.4, -0.2) is 17.2 Å². The lowest BCUT2D eigenvalue weighted by molar-refractivity contribution is -0.102. The van der Waals surface area contributed by atoms with Crippen molar-refractivity contribution >= 4 is 12.0 Å². The summed E-state index contributed by atoms with van der Waals surface area (Å²) in [5, 5.41) is 10.6. The molecule has 0 fully saturated rings. The third kappa shape index (κ3) is 1.92. The maximum atomic E-state index is 9.68. The number of hydrogen-bond acceptors (Lipinski definition) is 3. The minimum absolute atomic E-state index is 0.181. The maximum absolute atomic E-state index is 9.68. The summed E-state index contributed by atoms with van der Waals surface area (Å²) in [6.07, 6.45) is 1.01. The topological polar surface area (TPSA) is 49.7 Å². The Kier molecular flexibility index (Phi) is 2.92. The lowest BCUT2D eigenvalue weighted by atomic mass is 10.3. The Morgan fingerprint density at radius 2 is 2.57 bits per heavy atom. The van der Waals surface area contributed by atoms with Gasteiger partial charge in [-0.15, -0.1) is 0 Å². The lowest BCUT2D eigenvalue weighted by Crippen LogP contribution is -1.95. The molecule has 0 aromatic carbocycles. The number of carbonyl (C=O) groups is 1. The van der Waals surface area contributed by atoms with Crippen LogP contribution in [0.15, 0.2) is 5.16 Å². The van der Waals surface area contributed by atoms with Crippen molar-refractivity contribution < 1.29 is 10.0 Å². The second-order valence-corrected chi connectivity index (χ2v) is 1.06. The van der Waals surface area contributed by atoms with E-state index >= 15 is 0 Å². The Bertz CT molecular complexity index is 87.7. The molecule has 0 radical (unpaired) electrons. The molecular formula is C4H7NO2. The number of carbonyl (C=O) groups excluding carboxylic acids is 1. The molecule has 3 heteroatoms. The van der Waals surface area contributed by atoms with Gasteiger partial charge in [0.25, 0.3) is 0 Å². The van der Waals surface area contributed by atoms with E-state index in [4.69, 9.17) is 5.21 Å². The van der Waals surface area contributed by atoms with E-state index in [0.717, 1.165) is 0 Å². The van der Waals surface area contributed by atoms with Gasteiger partial charge in [-0.1, -0.05) is 12.1 Å². The standard InChI is InChI=1S/C4H7NO2/c1-2-4(3-6)5-7/h3,7H,2H2,1H3/b5-4+. The molecular weight excluding hydrogens is 94.0 g/mol. The number of oxime groups is 1. The first-order valence-corrected chi connectivity index (χ1v) is 2.01. The summed E-state index contributed by atoms with van der Waals surface area (Å²) in [6.45, 7) is 1.74. The highest BCUT2D eigenvalue weighted by Crippen LogP contribution is 1.76. The molecule has 0 bridgehead atoms. The zero-order valence-corrected chi connectivity index (χ0v) is 4.09. The van der Waals surface area contributed by atoms with Gasteiger partial charge in [0.1, 0.15) is 5.71 Å². The van der Waals surface area contributed by atoms with Gasteiger partial charge in [0.15, 0.2) is 6.29 Å². The van der Waals surface area contributed by atoms with Gasteiger partial charge in [-0.2, -0.15) is 0 Å². The third-order valence-electron chi connectivity index (χ3n) is 0.627. The molecule has 40 valence electrons. The molecule has 3 nitrogen and oxygen atoms in total. The molecule has 1 N–H and O–H groups in total. The van der Waals surface area contributed by atoms with Gasteiger partial charge in [0.2, 0.25) is 0 Å². The van der Waals surface area contributed by atoms with Crippen molar-refractivity contribution in [2.45, 2.75) is 13.3 Å². The Morgan fingerprint density at radius 3 is 2.57 bits per heavy atom. The summed E-state index contributed by atoms with van der Waals surface area (Å²) in [6, 6.07) is 0. The van der Waals surface area contributed by atoms with Crippen LogP contribution in [0.25, 0.3) is 0 Å². The minimum Gasteiger partial charge on any atom is -0.411 e. The quantitative estimate of drug-likeness (QED) is 0.237. The molecule has 7 heavy (non-hydrogen) atoms. The Morgan fingerprint density at radius 1 is 2.00 bits per heavy atom. The molecule has 0 saturated carbocycles. The fourth-order valence-electron chi connectivity index (χ4n) is 0.178. The van der Waals surface area contributed by atoms with Crippen molar-refractivity contribution in [1.82, 2.24) is 0 Å². The average Bonchev–Trinajstić information content (AvgIpc) is 1.72. The molecule has 0 aromatic heterocycles. The minimum atomic E-state index is 0.181. The van der Waals surface area contributed by atoms with Gasteiger partial charge in [0.05, 0.1) is 0 Å². The zero-order chi connectivity index (χ0) is 5.70. The predicted octanol–water partition coefficient (Wildman–Crippen LogP) is 0.426. The van der Waals surface area contributed by atoms with Gasteiger partial charge < -0.3 is 5.21 Å². The van der Waals surface area contributed by atoms with E-state index in [-0.39, 0.29) is 5.71 Å². The van der Waals surface area contributed by atoms with Crippen LogP contribution in [0.3, 0.4) is 0 Å². The van der Waals surface area contributed by atoms with Crippen LogP contribution in [0.2, 0.25) is 0 Å². The van der Waals surface area contributed by atoms with E-state index in [1.165, 1.54) is 0 Å². The van der Waals surface area contributed by atoms with Crippen LogP contribution in [0, 0.1) is 0 Å². The van der Waals surface area contributed by atoms with E-state index in [0.29, 0.717) is 12.7 Å². The summed E-state index contributed by atoms with van der Waals surface area (Å²) in [4.78, 5) is 9.68. The fourth-order valence-corrected chi connectivity index (χ4v) is 0.178. The van der Waals surface area contributed by atoms with Crippen LogP contribution in [0.5, 0.6) is 0 Å². The number of hydrogen-bond donors (Lipinski definition) is 1. The van der Waals surface area contributed by atoms with Gasteiger partial charge in [-0.05, 0) is 6.42 Å². The van der Waals surface area contributed by atoms with E-state index in [1.807, 2.05) is 0 Å². The molecule has 0 spiro atoms. The van der Waals surface area contributed by atoms with Crippen LogP contribution >= 0.6 is 0 Å². The second kappa shape index (κ2) is 3.33. The fraction of sp³-hybridized carbons (Fsp3) is 0.500. The summed E-state index contributed by atoms with van der Waals surface area (Å²) >= 11 is 0. The van der Waals surface area contributed by atoms with Crippen molar-refractivity contribution in [3.63, 3.8) is 0 Å². The molecule has 0 atom stereocenters. The molecule has 0 saturated heterocycles. The van der Waals surface area contributed by atoms with Crippen molar-refractivity contribution in [1.29, 1.82) is 0 Å². The number of nitrogens with zero attached hydrogens (tertiary/aromatic N) is 1. The third-order valence-corrected chi connectivity index (χ3v) is 0.627. The Labute approximate surface area is 41.6 Å². The predicted molar refractivity (Wildman–Crippen MR) is 25.6 cm³/mol. The Hall–Kier alpha value is -0.860. The van der Waals surface area contributed by atoms with E-state index in [1.54, 1.807) is 6.92 Å². The SMILES string of the molecule is CC/C(C=O)=N\O. The first-order valence-electron chi connectivity index (χ1n) is 2.01. The zero-order valence-electron chi connectivity index (χ0n) is 4.09. The molecule has 0 aliphatic carbocycles. The molecule has 0 unspecified atom stereocenters. The highest BCUT2D eigenvalue weighted by atomic mass is 16.4. The van der Waals surface area contributed by atoms with Gasteiger partial charge in [-0.3, -0.25) is 4.79 Å². The molecule has 0 amide bonds. The van der Waals surface area contributed by atoms with Crippen LogP contribution in [0.4, 0.5) is 0 Å². The highest BCUT2D eigenvalue weighted by Gasteiger charge is 1.87. The second-order valence-electron chi connectivity index (χ2n) is 1.06. The monoisotopic (exact) mass is 101 g/mol. The molecule has 0 aromatic rings. The van der Waals surface area contributed by atoms with Gasteiger partial charge in [-0.25, -0.2) is 0 Å². The maximum Gasteiger partial charge on any atom is 0.167 e. The number of aldehydes is 1. The van der Waals surface area contributed by atoms with Crippen molar-refractivity contribution in [3.8, 4) is 0 Å². The van der Waals surface area contributed by atoms with E-state index in [9.17, 15) is 4.79 Å². The van der Waals surface area contributed by atoms with E-state index in [2.05, 4.69) is 5.16 Å². The number of rotatable bonds is 2. The van der Waals surface area contributed by atoms with Crippen LogP contribution in [-0.2, 0) is 4.79 Å². The highest BCUT2D eigenvalue weighted by molar-refractivity contribution is 6.27. The normalized spacial score (nSPS) is 11.3. The molecule has 0 rings (SSSR count). The van der Waals surface area contributed by atoms with E-state index < -0.39 is 0 Å². The smallest absolute Gasteiger partial charge is 0.167 e. The van der Waals surface area contributed by atoms with Gasteiger partial charge in [0, 0.05) is 0 Å². The summed E-state index contributed by atoms with van der Waals surface area (Å²) in [7, 11) is 0. The van der Waals surface area contributed by atoms with Crippen LogP contribution in [0.1, 0.15) is 13.3 Å². The van der Waals surface area contributed by atoms with Crippen molar-refractivity contribution in [3.05, 3.63) is 0 Å². The molecule has 0 aliphatic rings. The molecule has 0 aliphatic heterocycles. The van der Waals surface area contributed by atoms with Crippen LogP contribution < -0.4 is 0 Å². The summed E-state index contributed by atoms with van der Waals surface area (Å²) < 4.78 is 0. The average molecular weight is 101 g/mol. The molecule has 0 heterocycles. The first-order chi connectivity index (χ1) is 3.35. The summed E-state index contributed by atoms with van der Waals surface area (Å²) in [5.41, 5.74) is 0.181. The summed E-state index contributed by atoms with van der Waals surface area (Å²) in [5.74, 6) is 0. The largest absolute Gasteiger partial charge is 0.411 e.